The van der Waals surface area contributed by atoms with Crippen molar-refractivity contribution >= 4 is 13.8 Å². The van der Waals surface area contributed by atoms with Crippen LogP contribution in [0.25, 0.3) is 0 Å². The summed E-state index contributed by atoms with van der Waals surface area (Å²) in [7, 11) is -5.03. The molecule has 1 saturated carbocycles. The Kier molecular flexibility index (Phi) is 31.7. The number of aliphatic hydroxyl groups excluding tert-OH is 5. The molecular weight excluding hydrogens is 739 g/mol. The topological polar surface area (TPSA) is 192 Å². The fourth-order valence-electron chi connectivity index (χ4n) is 6.33. The molecule has 0 radical (unpaired) electrons. The second-order valence-corrected chi connectivity index (χ2v) is 16.3. The fourth-order valence-corrected chi connectivity index (χ4v) is 7.31. The second kappa shape index (κ2) is 34.0. The molecule has 56 heavy (non-hydrogen) atoms. The van der Waals surface area contributed by atoms with E-state index in [1.807, 2.05) is 6.08 Å². The number of hydrogen-bond donors (Lipinski definition) is 6. The zero-order chi connectivity index (χ0) is 41.3. The highest BCUT2D eigenvalue weighted by Gasteiger charge is 2.51. The predicted octanol–water partition coefficient (Wildman–Crippen LogP) is 8.43. The van der Waals surface area contributed by atoms with Gasteiger partial charge in [0.25, 0.3) is 0 Å². The number of rotatable bonds is 35. The summed E-state index contributed by atoms with van der Waals surface area (Å²) in [5.74, 6) is -0.518. The Balaban J connectivity index is 2.48. The normalized spacial score (nSPS) is 23.4. The van der Waals surface area contributed by atoms with Gasteiger partial charge >= 0.3 is 13.8 Å². The summed E-state index contributed by atoms with van der Waals surface area (Å²) >= 11 is 0. The lowest BCUT2D eigenvalue weighted by Gasteiger charge is -2.41. The van der Waals surface area contributed by atoms with E-state index in [0.29, 0.717) is 6.42 Å². The van der Waals surface area contributed by atoms with Gasteiger partial charge in [-0.15, -0.1) is 0 Å². The van der Waals surface area contributed by atoms with Crippen LogP contribution < -0.4 is 0 Å². The van der Waals surface area contributed by atoms with Crippen molar-refractivity contribution in [3.05, 3.63) is 48.8 Å². The second-order valence-electron chi connectivity index (χ2n) is 14.9. The first-order chi connectivity index (χ1) is 27.0. The largest absolute Gasteiger partial charge is 0.498 e. The average Bonchev–Trinajstić information content (AvgIpc) is 3.18. The number of carbonyl (C=O) groups is 1. The molecule has 6 unspecified atom stereocenters. The van der Waals surface area contributed by atoms with E-state index in [2.05, 4.69) is 50.3 Å². The molecule has 0 aromatic heterocycles. The highest BCUT2D eigenvalue weighted by atomic mass is 31.2. The first-order valence-electron chi connectivity index (χ1n) is 21.5. The van der Waals surface area contributed by atoms with Crippen LogP contribution in [0.1, 0.15) is 162 Å². The molecule has 8 atom stereocenters. The molecule has 0 aliphatic heterocycles. The molecular formula is C43H77O12P. The summed E-state index contributed by atoms with van der Waals surface area (Å²) in [6.45, 7) is 3.58. The zero-order valence-electron chi connectivity index (χ0n) is 34.4. The van der Waals surface area contributed by atoms with Crippen molar-refractivity contribution in [3.8, 4) is 0 Å². The lowest BCUT2D eigenvalue weighted by molar-refractivity contribution is -0.220. The third-order valence-electron chi connectivity index (χ3n) is 9.78. The first kappa shape index (κ1) is 52.2. The Morgan fingerprint density at radius 1 is 0.589 bits per heavy atom. The van der Waals surface area contributed by atoms with E-state index in [0.717, 1.165) is 70.6 Å². The van der Waals surface area contributed by atoms with Gasteiger partial charge in [0, 0.05) is 6.42 Å². The van der Waals surface area contributed by atoms with E-state index in [-0.39, 0.29) is 13.0 Å². The molecule has 0 bridgehead atoms. The van der Waals surface area contributed by atoms with Crippen molar-refractivity contribution in [2.75, 3.05) is 13.2 Å². The highest BCUT2D eigenvalue weighted by molar-refractivity contribution is 7.47. The number of allylic oxidation sites excluding steroid dienone is 7. The minimum absolute atomic E-state index is 0.150. The van der Waals surface area contributed by atoms with E-state index < -0.39 is 63.1 Å². The van der Waals surface area contributed by atoms with Crippen LogP contribution in [-0.4, -0.2) is 92.3 Å². The average molecular weight is 817 g/mol. The van der Waals surface area contributed by atoms with Crippen LogP contribution >= 0.6 is 7.82 Å². The van der Waals surface area contributed by atoms with Crippen LogP contribution in [0.4, 0.5) is 0 Å². The summed E-state index contributed by atoms with van der Waals surface area (Å²) in [6.07, 6.45) is 28.3. The molecule has 1 rings (SSSR count). The van der Waals surface area contributed by atoms with Crippen molar-refractivity contribution in [1.29, 1.82) is 0 Å². The Bertz CT molecular complexity index is 1110. The summed E-state index contributed by atoms with van der Waals surface area (Å²) in [5.41, 5.74) is 0. The van der Waals surface area contributed by atoms with Crippen molar-refractivity contribution in [2.24, 2.45) is 0 Å². The molecule has 0 amide bonds. The maximum absolute atomic E-state index is 12.8. The Morgan fingerprint density at radius 3 is 1.61 bits per heavy atom. The number of esters is 1. The van der Waals surface area contributed by atoms with Crippen LogP contribution in [0.5, 0.6) is 0 Å². The van der Waals surface area contributed by atoms with Gasteiger partial charge in [0.1, 0.15) is 43.2 Å². The lowest BCUT2D eigenvalue weighted by Crippen LogP contribution is -2.64. The molecule has 12 nitrogen and oxygen atoms in total. The molecule has 6 N–H and O–H groups in total. The quantitative estimate of drug-likeness (QED) is 0.0118. The molecule has 1 fully saturated rings. The highest BCUT2D eigenvalue weighted by Crippen LogP contribution is 2.47. The fraction of sp³-hybridized carbons (Fsp3) is 0.791. The van der Waals surface area contributed by atoms with Gasteiger partial charge < -0.3 is 39.9 Å². The van der Waals surface area contributed by atoms with Crippen molar-refractivity contribution in [1.82, 2.24) is 0 Å². The van der Waals surface area contributed by atoms with Gasteiger partial charge in [-0.05, 0) is 57.4 Å². The van der Waals surface area contributed by atoms with E-state index in [4.69, 9.17) is 18.5 Å². The standard InChI is InChI=1S/C43H77O12P/c1-3-5-7-9-11-13-15-17-19-20-22-24-26-28-30-32-37(44)54-36(34-52-33-31-29-27-25-23-21-18-16-14-12-10-8-6-4-2)35-53-56(50,51)55-43-41(48)39(46)38(45)40(47)42(43)49/h5,7,11,13,17,19,31,33,36,38-43,45-49H,3-4,6,8-10,12,14-16,18,20-30,32,34-35H2,1-2H3,(H,50,51)/b7-5-,13-11-,19-17-,33-31-/t36-,38?,39-,40?,41?,42?,43?/m1/s1. The van der Waals surface area contributed by atoms with E-state index in [1.54, 1.807) is 0 Å². The van der Waals surface area contributed by atoms with Gasteiger partial charge in [0.15, 0.2) is 6.10 Å². The minimum Gasteiger partial charge on any atom is -0.498 e. The van der Waals surface area contributed by atoms with Gasteiger partial charge in [-0.1, -0.05) is 140 Å². The summed E-state index contributed by atoms with van der Waals surface area (Å²) in [5, 5.41) is 50.1. The SMILES string of the molecule is CC/C=C\C/C=C\C/C=C\CCCCCCCC(=O)O[C@H](CO/C=C\CCCCCCCCCCCCCC)COP(=O)(O)OC1C(O)C(O)C(O)[C@@H](O)C1O. The van der Waals surface area contributed by atoms with Gasteiger partial charge in [0.2, 0.25) is 0 Å². The predicted molar refractivity (Wildman–Crippen MR) is 221 cm³/mol. The summed E-state index contributed by atoms with van der Waals surface area (Å²) in [4.78, 5) is 23.1. The van der Waals surface area contributed by atoms with Crippen LogP contribution in [0.2, 0.25) is 0 Å². The number of carbonyl (C=O) groups excluding carboxylic acids is 1. The van der Waals surface area contributed by atoms with E-state index >= 15 is 0 Å². The number of phosphoric acid groups is 1. The van der Waals surface area contributed by atoms with Gasteiger partial charge in [0.05, 0.1) is 12.9 Å². The first-order valence-corrected chi connectivity index (χ1v) is 23.0. The summed E-state index contributed by atoms with van der Waals surface area (Å²) in [6, 6.07) is 0. The Hall–Kier alpha value is -1.86. The van der Waals surface area contributed by atoms with Crippen LogP contribution in [-0.2, 0) is 27.9 Å². The number of ether oxygens (including phenoxy) is 2. The molecule has 326 valence electrons. The molecule has 0 saturated heterocycles. The van der Waals surface area contributed by atoms with E-state index in [1.165, 1.54) is 70.5 Å². The number of aliphatic hydroxyl groups is 5. The molecule has 13 heteroatoms. The molecule has 0 aromatic rings. The van der Waals surface area contributed by atoms with Gasteiger partial charge in [-0.25, -0.2) is 4.57 Å². The third-order valence-corrected chi connectivity index (χ3v) is 10.8. The van der Waals surface area contributed by atoms with Crippen LogP contribution in [0.15, 0.2) is 48.8 Å². The van der Waals surface area contributed by atoms with E-state index in [9.17, 15) is 39.8 Å². The van der Waals surface area contributed by atoms with Crippen molar-refractivity contribution in [3.63, 3.8) is 0 Å². The number of unbranched alkanes of at least 4 members (excludes halogenated alkanes) is 17. The maximum atomic E-state index is 12.8. The lowest BCUT2D eigenvalue weighted by atomic mass is 9.85. The van der Waals surface area contributed by atoms with Crippen LogP contribution in [0.3, 0.4) is 0 Å². The maximum Gasteiger partial charge on any atom is 0.472 e. The zero-order valence-corrected chi connectivity index (χ0v) is 35.3. The number of hydrogen-bond acceptors (Lipinski definition) is 11. The molecule has 0 aromatic carbocycles. The third kappa shape index (κ3) is 26.2. The van der Waals surface area contributed by atoms with Crippen molar-refractivity contribution in [2.45, 2.75) is 204 Å². The van der Waals surface area contributed by atoms with Crippen LogP contribution in [0, 0.1) is 0 Å². The molecule has 0 heterocycles. The molecule has 1 aliphatic carbocycles. The Labute approximate surface area is 337 Å². The molecule has 1 aliphatic rings. The van der Waals surface area contributed by atoms with Gasteiger partial charge in [-0.2, -0.15) is 0 Å². The smallest absolute Gasteiger partial charge is 0.472 e. The van der Waals surface area contributed by atoms with Gasteiger partial charge in [-0.3, -0.25) is 13.8 Å². The molecule has 0 spiro atoms. The Morgan fingerprint density at radius 2 is 1.05 bits per heavy atom. The minimum atomic E-state index is -5.03. The summed E-state index contributed by atoms with van der Waals surface area (Å²) < 4.78 is 33.8. The number of phosphoric ester groups is 1. The van der Waals surface area contributed by atoms with Crippen molar-refractivity contribution < 1.29 is 58.3 Å². The monoisotopic (exact) mass is 817 g/mol.